The van der Waals surface area contributed by atoms with Crippen LogP contribution in [0.4, 0.5) is 4.79 Å². The molecule has 1 aromatic rings. The number of nitrogens with one attached hydrogen (secondary N) is 1. The minimum Gasteiger partial charge on any atom is -0.465 e. The van der Waals surface area contributed by atoms with E-state index in [4.69, 9.17) is 4.74 Å². The van der Waals surface area contributed by atoms with Crippen molar-refractivity contribution < 1.29 is 19.1 Å². The number of alkyl carbamates (subject to hydrolysis) is 1. The van der Waals surface area contributed by atoms with Crippen molar-refractivity contribution in [3.05, 3.63) is 21.9 Å². The molecule has 1 aromatic heterocycles. The van der Waals surface area contributed by atoms with Gasteiger partial charge >= 0.3 is 12.1 Å². The SMILES string of the molecule is COC(=O)c1sccc1CC#CNC(=O)OC(C)(C)C. The van der Waals surface area contributed by atoms with Gasteiger partial charge in [0.15, 0.2) is 0 Å². The van der Waals surface area contributed by atoms with Gasteiger partial charge in [0.2, 0.25) is 0 Å². The molecule has 0 saturated carbocycles. The molecule has 0 spiro atoms. The maximum atomic E-state index is 11.4. The van der Waals surface area contributed by atoms with E-state index in [1.54, 1.807) is 32.2 Å². The number of methoxy groups -OCH3 is 1. The Morgan fingerprint density at radius 3 is 2.70 bits per heavy atom. The first-order valence-electron chi connectivity index (χ1n) is 5.95. The average molecular weight is 295 g/mol. The van der Waals surface area contributed by atoms with Crippen molar-refractivity contribution >= 4 is 23.4 Å². The third kappa shape index (κ3) is 5.33. The molecule has 0 atom stereocenters. The number of esters is 1. The summed E-state index contributed by atoms with van der Waals surface area (Å²) in [6, 6.07) is 4.31. The highest BCUT2D eigenvalue weighted by atomic mass is 32.1. The van der Waals surface area contributed by atoms with Gasteiger partial charge in [-0.15, -0.1) is 11.3 Å². The standard InChI is InChI=1S/C14H17NO4S/c1-14(2,3)19-13(17)15-8-5-6-10-7-9-20-11(10)12(16)18-4/h7,9H,6H2,1-4H3,(H,15,17). The predicted molar refractivity (Wildman–Crippen MR) is 76.5 cm³/mol. The molecule has 5 nitrogen and oxygen atoms in total. The Balaban J connectivity index is 2.53. The summed E-state index contributed by atoms with van der Waals surface area (Å²) in [7, 11) is 1.33. The zero-order valence-corrected chi connectivity index (χ0v) is 12.7. The van der Waals surface area contributed by atoms with Crippen molar-refractivity contribution in [2.45, 2.75) is 32.8 Å². The van der Waals surface area contributed by atoms with Crippen molar-refractivity contribution in [3.63, 3.8) is 0 Å². The number of thiophene rings is 1. The van der Waals surface area contributed by atoms with E-state index in [9.17, 15) is 9.59 Å². The lowest BCUT2D eigenvalue weighted by Crippen LogP contribution is -2.29. The summed E-state index contributed by atoms with van der Waals surface area (Å²) in [6.45, 7) is 5.32. The minimum absolute atomic E-state index is 0.351. The monoisotopic (exact) mass is 295 g/mol. The Labute approximate surface area is 122 Å². The molecule has 0 bridgehead atoms. The molecule has 0 aliphatic carbocycles. The highest BCUT2D eigenvalue weighted by molar-refractivity contribution is 7.12. The quantitative estimate of drug-likeness (QED) is 0.517. The number of rotatable bonds is 2. The smallest absolute Gasteiger partial charge is 0.419 e. The Hall–Kier alpha value is -2.00. The van der Waals surface area contributed by atoms with Crippen LogP contribution in [0.5, 0.6) is 0 Å². The molecule has 0 aromatic carbocycles. The van der Waals surface area contributed by atoms with Crippen molar-refractivity contribution in [2.24, 2.45) is 0 Å². The van der Waals surface area contributed by atoms with E-state index in [1.807, 2.05) is 0 Å². The highest BCUT2D eigenvalue weighted by Gasteiger charge is 2.15. The highest BCUT2D eigenvalue weighted by Crippen LogP contribution is 2.17. The van der Waals surface area contributed by atoms with E-state index in [0.717, 1.165) is 5.56 Å². The summed E-state index contributed by atoms with van der Waals surface area (Å²) >= 11 is 1.30. The zero-order chi connectivity index (χ0) is 15.2. The average Bonchev–Trinajstić information content (AvgIpc) is 2.79. The largest absolute Gasteiger partial charge is 0.465 e. The van der Waals surface area contributed by atoms with Gasteiger partial charge in [-0.3, -0.25) is 0 Å². The lowest BCUT2D eigenvalue weighted by atomic mass is 10.2. The van der Waals surface area contributed by atoms with Gasteiger partial charge in [-0.2, -0.15) is 0 Å². The maximum absolute atomic E-state index is 11.4. The van der Waals surface area contributed by atoms with Crippen molar-refractivity contribution in [2.75, 3.05) is 7.11 Å². The van der Waals surface area contributed by atoms with Gasteiger partial charge in [-0.25, -0.2) is 14.9 Å². The number of hydrogen-bond donors (Lipinski definition) is 1. The van der Waals surface area contributed by atoms with Crippen LogP contribution in [0, 0.1) is 12.0 Å². The zero-order valence-electron chi connectivity index (χ0n) is 11.9. The van der Waals surface area contributed by atoms with Crippen LogP contribution >= 0.6 is 11.3 Å². The van der Waals surface area contributed by atoms with Gasteiger partial charge in [-0.1, -0.05) is 5.92 Å². The molecule has 1 amide bonds. The molecular formula is C14H17NO4S. The van der Waals surface area contributed by atoms with Gasteiger partial charge in [0.25, 0.3) is 0 Å². The second-order valence-electron chi connectivity index (χ2n) is 4.87. The number of hydrogen-bond acceptors (Lipinski definition) is 5. The first-order valence-corrected chi connectivity index (χ1v) is 6.83. The van der Waals surface area contributed by atoms with Crippen LogP contribution < -0.4 is 5.32 Å². The van der Waals surface area contributed by atoms with Crippen LogP contribution in [0.15, 0.2) is 11.4 Å². The third-order valence-electron chi connectivity index (χ3n) is 2.05. The topological polar surface area (TPSA) is 64.6 Å². The minimum atomic E-state index is -0.594. The Kier molecular flexibility index (Phi) is 5.59. The van der Waals surface area contributed by atoms with E-state index < -0.39 is 11.7 Å². The molecule has 0 fully saturated rings. The Morgan fingerprint density at radius 2 is 2.10 bits per heavy atom. The maximum Gasteiger partial charge on any atom is 0.419 e. The molecule has 108 valence electrons. The fraction of sp³-hybridized carbons (Fsp3) is 0.429. The second kappa shape index (κ2) is 6.96. The predicted octanol–water partition coefficient (Wildman–Crippen LogP) is 2.56. The van der Waals surface area contributed by atoms with Crippen LogP contribution in [0.2, 0.25) is 0 Å². The molecule has 0 saturated heterocycles. The lowest BCUT2D eigenvalue weighted by molar-refractivity contribution is 0.0555. The number of ether oxygens (including phenoxy) is 2. The van der Waals surface area contributed by atoms with Gasteiger partial charge in [0.1, 0.15) is 10.5 Å². The molecule has 6 heteroatoms. The van der Waals surface area contributed by atoms with E-state index >= 15 is 0 Å². The van der Waals surface area contributed by atoms with Crippen LogP contribution in [0.25, 0.3) is 0 Å². The summed E-state index contributed by atoms with van der Waals surface area (Å²) in [5.41, 5.74) is 0.220. The van der Waals surface area contributed by atoms with E-state index in [2.05, 4.69) is 22.0 Å². The van der Waals surface area contributed by atoms with Crippen LogP contribution in [-0.2, 0) is 15.9 Å². The first kappa shape index (κ1) is 16.1. The van der Waals surface area contributed by atoms with Gasteiger partial charge in [-0.05, 0) is 37.8 Å². The normalized spacial score (nSPS) is 10.2. The third-order valence-corrected chi connectivity index (χ3v) is 2.98. The van der Waals surface area contributed by atoms with E-state index in [0.29, 0.717) is 11.3 Å². The molecule has 1 N–H and O–H groups in total. The molecular weight excluding hydrogens is 278 g/mol. The lowest BCUT2D eigenvalue weighted by Gasteiger charge is -2.18. The fourth-order valence-electron chi connectivity index (χ4n) is 1.28. The van der Waals surface area contributed by atoms with E-state index in [-0.39, 0.29) is 5.97 Å². The van der Waals surface area contributed by atoms with Crippen molar-refractivity contribution in [1.82, 2.24) is 5.32 Å². The van der Waals surface area contributed by atoms with Gasteiger partial charge in [0, 0.05) is 12.5 Å². The molecule has 1 heterocycles. The Bertz CT molecular complexity index is 546. The Morgan fingerprint density at radius 1 is 1.40 bits per heavy atom. The number of carbonyl (C=O) groups excluding carboxylic acids is 2. The molecule has 0 aliphatic heterocycles. The second-order valence-corrected chi connectivity index (χ2v) is 5.79. The van der Waals surface area contributed by atoms with Crippen molar-refractivity contribution in [1.29, 1.82) is 0 Å². The van der Waals surface area contributed by atoms with Crippen molar-refractivity contribution in [3.8, 4) is 12.0 Å². The summed E-state index contributed by atoms with van der Waals surface area (Å²) in [5.74, 6) is 2.38. The molecule has 0 unspecified atom stereocenters. The summed E-state index contributed by atoms with van der Waals surface area (Å²) in [4.78, 5) is 23.3. The van der Waals surface area contributed by atoms with Crippen LogP contribution in [0.1, 0.15) is 36.0 Å². The molecule has 1 rings (SSSR count). The summed E-state index contributed by atoms with van der Waals surface area (Å²) in [5, 5.41) is 4.13. The number of carbonyl (C=O) groups is 2. The number of amides is 1. The summed E-state index contributed by atoms with van der Waals surface area (Å²) < 4.78 is 9.70. The molecule has 0 aliphatic rings. The summed E-state index contributed by atoms with van der Waals surface area (Å²) in [6.07, 6.45) is -0.243. The molecule has 20 heavy (non-hydrogen) atoms. The van der Waals surface area contributed by atoms with Gasteiger partial charge in [0.05, 0.1) is 7.11 Å². The fourth-order valence-corrected chi connectivity index (χ4v) is 2.12. The van der Waals surface area contributed by atoms with Crippen LogP contribution in [0.3, 0.4) is 0 Å². The van der Waals surface area contributed by atoms with Crippen LogP contribution in [-0.4, -0.2) is 24.8 Å². The van der Waals surface area contributed by atoms with E-state index in [1.165, 1.54) is 18.4 Å². The molecule has 0 radical (unpaired) electrons. The first-order chi connectivity index (χ1) is 9.33. The van der Waals surface area contributed by atoms with Gasteiger partial charge < -0.3 is 9.47 Å².